The first-order valence-corrected chi connectivity index (χ1v) is 7.50. The number of nitrogens with one attached hydrogen (secondary N) is 1. The minimum Gasteiger partial charge on any atom is -0.345 e. The van der Waals surface area contributed by atoms with E-state index < -0.39 is 0 Å². The molecule has 2 rings (SSSR count). The molecule has 1 aliphatic heterocycles. The van der Waals surface area contributed by atoms with Gasteiger partial charge in [0.25, 0.3) is 0 Å². The van der Waals surface area contributed by atoms with Crippen LogP contribution in [0.1, 0.15) is 6.42 Å². The number of thioether (sulfide) groups is 1. The molecule has 1 N–H and O–H groups in total. The van der Waals surface area contributed by atoms with Crippen molar-refractivity contribution in [2.45, 2.75) is 11.3 Å². The van der Waals surface area contributed by atoms with E-state index in [1.165, 1.54) is 0 Å². The molecule has 4 nitrogen and oxygen atoms in total. The minimum absolute atomic E-state index is 0.0101. The summed E-state index contributed by atoms with van der Waals surface area (Å²) in [6.07, 6.45) is 2.22. The highest BCUT2D eigenvalue weighted by Crippen LogP contribution is 2.28. The number of benzene rings is 1. The van der Waals surface area contributed by atoms with Gasteiger partial charge in [-0.25, -0.2) is 0 Å². The molecule has 102 valence electrons. The number of hydrogen-bond donors (Lipinski definition) is 1. The Hall–Kier alpha value is -1.20. The zero-order chi connectivity index (χ0) is 14.0. The highest BCUT2D eigenvalue weighted by Gasteiger charge is 2.32. The molecule has 1 aromatic carbocycles. The average molecular weight is 299 g/mol. The highest BCUT2D eigenvalue weighted by atomic mass is 35.5. The van der Waals surface area contributed by atoms with Crippen LogP contribution in [0, 0.1) is 5.92 Å². The summed E-state index contributed by atoms with van der Waals surface area (Å²) in [6, 6.07) is 5.41. The summed E-state index contributed by atoms with van der Waals surface area (Å²) in [5.41, 5.74) is 0.662. The van der Waals surface area contributed by atoms with Crippen molar-refractivity contribution < 1.29 is 9.59 Å². The molecule has 1 aromatic rings. The Labute approximate surface area is 121 Å². The van der Waals surface area contributed by atoms with Crippen LogP contribution in [0.5, 0.6) is 0 Å². The Morgan fingerprint density at radius 3 is 2.79 bits per heavy atom. The van der Waals surface area contributed by atoms with E-state index in [2.05, 4.69) is 5.32 Å². The van der Waals surface area contributed by atoms with Crippen LogP contribution in [-0.2, 0) is 9.59 Å². The van der Waals surface area contributed by atoms with Gasteiger partial charge in [-0.2, -0.15) is 0 Å². The van der Waals surface area contributed by atoms with Gasteiger partial charge in [0.05, 0.1) is 10.9 Å². The fraction of sp³-hybridized carbons (Fsp3) is 0.385. The molecule has 6 heteroatoms. The molecule has 2 amide bonds. The molecule has 1 fully saturated rings. The van der Waals surface area contributed by atoms with Crippen LogP contribution < -0.4 is 5.32 Å². The highest BCUT2D eigenvalue weighted by molar-refractivity contribution is 7.98. The molecule has 0 aromatic heterocycles. The lowest BCUT2D eigenvalue weighted by Gasteiger charge is -2.12. The number of nitrogens with zero attached hydrogens (tertiary/aromatic N) is 1. The van der Waals surface area contributed by atoms with E-state index in [1.54, 1.807) is 29.8 Å². The Bertz CT molecular complexity index is 521. The second-order valence-corrected chi connectivity index (χ2v) is 5.77. The normalized spacial score (nSPS) is 18.8. The van der Waals surface area contributed by atoms with Gasteiger partial charge < -0.3 is 10.2 Å². The summed E-state index contributed by atoms with van der Waals surface area (Å²) in [7, 11) is 1.71. The third-order valence-electron chi connectivity index (χ3n) is 3.13. The predicted octanol–water partition coefficient (Wildman–Crippen LogP) is 2.48. The van der Waals surface area contributed by atoms with Crippen LogP contribution >= 0.6 is 23.4 Å². The SMILES string of the molecule is CSc1ccc(NC(=O)C2CC(=O)N(C)C2)cc1Cl. The summed E-state index contributed by atoms with van der Waals surface area (Å²) in [4.78, 5) is 26.0. The quantitative estimate of drug-likeness (QED) is 0.872. The zero-order valence-electron chi connectivity index (χ0n) is 10.8. The summed E-state index contributed by atoms with van der Waals surface area (Å²) >= 11 is 7.64. The van der Waals surface area contributed by atoms with Gasteiger partial charge in [0.15, 0.2) is 0 Å². The Morgan fingerprint density at radius 2 is 2.26 bits per heavy atom. The molecule has 1 heterocycles. The first-order chi connectivity index (χ1) is 9.01. The third-order valence-corrected chi connectivity index (χ3v) is 4.35. The zero-order valence-corrected chi connectivity index (χ0v) is 12.3. The van der Waals surface area contributed by atoms with Gasteiger partial charge in [-0.05, 0) is 24.5 Å². The van der Waals surface area contributed by atoms with Gasteiger partial charge in [-0.15, -0.1) is 11.8 Å². The fourth-order valence-electron chi connectivity index (χ4n) is 2.03. The van der Waals surface area contributed by atoms with Crippen LogP contribution in [-0.4, -0.2) is 36.6 Å². The van der Waals surface area contributed by atoms with Crippen molar-refractivity contribution in [1.82, 2.24) is 4.90 Å². The van der Waals surface area contributed by atoms with Crippen molar-refractivity contribution in [2.24, 2.45) is 5.92 Å². The summed E-state index contributed by atoms with van der Waals surface area (Å²) in [5, 5.41) is 3.42. The number of amides is 2. The predicted molar refractivity (Wildman–Crippen MR) is 77.6 cm³/mol. The molecule has 1 atom stereocenters. The van der Waals surface area contributed by atoms with Crippen LogP contribution in [0.4, 0.5) is 5.69 Å². The second-order valence-electron chi connectivity index (χ2n) is 4.51. The molecule has 1 aliphatic rings. The van der Waals surface area contributed by atoms with E-state index in [-0.39, 0.29) is 24.2 Å². The van der Waals surface area contributed by atoms with E-state index >= 15 is 0 Å². The number of anilines is 1. The van der Waals surface area contributed by atoms with Crippen LogP contribution in [0.25, 0.3) is 0 Å². The minimum atomic E-state index is -0.281. The van der Waals surface area contributed by atoms with E-state index in [1.807, 2.05) is 18.4 Å². The molecule has 0 aliphatic carbocycles. The number of carbonyl (C=O) groups is 2. The molecule has 0 spiro atoms. The first kappa shape index (κ1) is 14.2. The maximum Gasteiger partial charge on any atom is 0.229 e. The van der Waals surface area contributed by atoms with Crippen LogP contribution in [0.15, 0.2) is 23.1 Å². The van der Waals surface area contributed by atoms with Gasteiger partial charge in [0.2, 0.25) is 11.8 Å². The van der Waals surface area contributed by atoms with Crippen LogP contribution in [0.3, 0.4) is 0 Å². The first-order valence-electron chi connectivity index (χ1n) is 5.89. The van der Waals surface area contributed by atoms with Crippen molar-refractivity contribution in [2.75, 3.05) is 25.2 Å². The van der Waals surface area contributed by atoms with Gasteiger partial charge in [0, 0.05) is 30.6 Å². The fourth-order valence-corrected chi connectivity index (χ4v) is 2.90. The Morgan fingerprint density at radius 1 is 1.53 bits per heavy atom. The number of hydrogen-bond acceptors (Lipinski definition) is 3. The van der Waals surface area contributed by atoms with Crippen molar-refractivity contribution in [3.05, 3.63) is 23.2 Å². The number of rotatable bonds is 3. The lowest BCUT2D eigenvalue weighted by atomic mass is 10.1. The van der Waals surface area contributed by atoms with Gasteiger partial charge >= 0.3 is 0 Å². The molecule has 0 radical (unpaired) electrons. The lowest BCUT2D eigenvalue weighted by Crippen LogP contribution is -2.25. The summed E-state index contributed by atoms with van der Waals surface area (Å²) in [6.45, 7) is 0.474. The molecular weight excluding hydrogens is 284 g/mol. The maximum atomic E-state index is 12.0. The monoisotopic (exact) mass is 298 g/mol. The van der Waals surface area contributed by atoms with E-state index in [0.29, 0.717) is 17.3 Å². The van der Waals surface area contributed by atoms with E-state index in [9.17, 15) is 9.59 Å². The molecule has 1 unspecified atom stereocenters. The summed E-state index contributed by atoms with van der Waals surface area (Å²) in [5.74, 6) is -0.405. The average Bonchev–Trinajstić information content (AvgIpc) is 2.70. The Kier molecular flexibility index (Phi) is 4.37. The van der Waals surface area contributed by atoms with Gasteiger partial charge in [-0.3, -0.25) is 9.59 Å². The standard InChI is InChI=1S/C13H15ClN2O2S/c1-16-7-8(5-12(16)17)13(18)15-9-3-4-11(19-2)10(14)6-9/h3-4,6,8H,5,7H2,1-2H3,(H,15,18). The number of likely N-dealkylation sites (tertiary alicyclic amines) is 1. The number of carbonyl (C=O) groups excluding carboxylic acids is 2. The number of halogens is 1. The van der Waals surface area contributed by atoms with Crippen molar-refractivity contribution in [3.8, 4) is 0 Å². The van der Waals surface area contributed by atoms with Crippen molar-refractivity contribution in [1.29, 1.82) is 0 Å². The Balaban J connectivity index is 2.03. The van der Waals surface area contributed by atoms with Crippen LogP contribution in [0.2, 0.25) is 5.02 Å². The molecule has 19 heavy (non-hydrogen) atoms. The van der Waals surface area contributed by atoms with Crippen molar-refractivity contribution in [3.63, 3.8) is 0 Å². The summed E-state index contributed by atoms with van der Waals surface area (Å²) < 4.78 is 0. The molecule has 0 bridgehead atoms. The molecular formula is C13H15ClN2O2S. The van der Waals surface area contributed by atoms with Crippen molar-refractivity contribution >= 4 is 40.9 Å². The molecule has 0 saturated carbocycles. The second kappa shape index (κ2) is 5.84. The largest absolute Gasteiger partial charge is 0.345 e. The van der Waals surface area contributed by atoms with E-state index in [0.717, 1.165) is 4.90 Å². The topological polar surface area (TPSA) is 49.4 Å². The van der Waals surface area contributed by atoms with Gasteiger partial charge in [-0.1, -0.05) is 11.6 Å². The molecule has 1 saturated heterocycles. The van der Waals surface area contributed by atoms with Gasteiger partial charge in [0.1, 0.15) is 0 Å². The third kappa shape index (κ3) is 3.22. The maximum absolute atomic E-state index is 12.0. The lowest BCUT2D eigenvalue weighted by molar-refractivity contribution is -0.127. The van der Waals surface area contributed by atoms with E-state index in [4.69, 9.17) is 11.6 Å². The smallest absolute Gasteiger partial charge is 0.229 e.